The molecule has 0 atom stereocenters. The summed E-state index contributed by atoms with van der Waals surface area (Å²) in [7, 11) is 0. The molecule has 0 spiro atoms. The molecule has 0 aliphatic rings. The normalized spacial score (nSPS) is 10.0. The van der Waals surface area contributed by atoms with Gasteiger partial charge in [0.15, 0.2) is 0 Å². The summed E-state index contributed by atoms with van der Waals surface area (Å²) in [6.07, 6.45) is 0.289. The van der Waals surface area contributed by atoms with Crippen molar-refractivity contribution in [2.75, 3.05) is 5.32 Å². The van der Waals surface area contributed by atoms with Gasteiger partial charge >= 0.3 is 5.97 Å². The lowest BCUT2D eigenvalue weighted by Crippen LogP contribution is -2.06. The SMILES string of the molecule is CC(=O)Nc1onc(CCC(=O)O)c1C. The van der Waals surface area contributed by atoms with Gasteiger partial charge in [0.05, 0.1) is 12.1 Å². The number of aryl methyl sites for hydroxylation is 1. The van der Waals surface area contributed by atoms with Gasteiger partial charge < -0.3 is 9.63 Å². The van der Waals surface area contributed by atoms with Crippen LogP contribution in [0.4, 0.5) is 5.88 Å². The van der Waals surface area contributed by atoms with E-state index in [0.717, 1.165) is 0 Å². The van der Waals surface area contributed by atoms with Gasteiger partial charge in [-0.05, 0) is 6.92 Å². The lowest BCUT2D eigenvalue weighted by atomic mass is 10.1. The molecule has 0 aromatic carbocycles. The molecule has 0 saturated heterocycles. The Kier molecular flexibility index (Phi) is 3.43. The van der Waals surface area contributed by atoms with Crippen LogP contribution in [0.25, 0.3) is 0 Å². The number of carbonyl (C=O) groups excluding carboxylic acids is 1. The Balaban J connectivity index is 2.70. The van der Waals surface area contributed by atoms with Crippen molar-refractivity contribution in [2.24, 2.45) is 0 Å². The van der Waals surface area contributed by atoms with Gasteiger partial charge in [0.1, 0.15) is 0 Å². The third kappa shape index (κ3) is 3.08. The number of carbonyl (C=O) groups is 2. The number of amides is 1. The molecule has 15 heavy (non-hydrogen) atoms. The number of nitrogens with one attached hydrogen (secondary N) is 1. The lowest BCUT2D eigenvalue weighted by Gasteiger charge is -1.96. The standard InChI is InChI=1S/C9H12N2O4/c1-5-7(3-4-8(13)14)11-15-9(5)10-6(2)12/h3-4H2,1-2H3,(H,10,12)(H,13,14). The Morgan fingerprint density at radius 1 is 1.53 bits per heavy atom. The molecule has 1 rings (SSSR count). The molecule has 82 valence electrons. The Morgan fingerprint density at radius 3 is 2.73 bits per heavy atom. The van der Waals surface area contributed by atoms with Gasteiger partial charge in [-0.3, -0.25) is 14.9 Å². The van der Waals surface area contributed by atoms with Crippen molar-refractivity contribution in [2.45, 2.75) is 26.7 Å². The number of aromatic nitrogens is 1. The van der Waals surface area contributed by atoms with E-state index < -0.39 is 5.97 Å². The van der Waals surface area contributed by atoms with Gasteiger partial charge in [0.25, 0.3) is 0 Å². The maximum Gasteiger partial charge on any atom is 0.303 e. The Morgan fingerprint density at radius 2 is 2.20 bits per heavy atom. The Bertz CT molecular complexity index is 383. The highest BCUT2D eigenvalue weighted by atomic mass is 16.5. The topological polar surface area (TPSA) is 92.4 Å². The number of hydrogen-bond acceptors (Lipinski definition) is 4. The van der Waals surface area contributed by atoms with Crippen molar-refractivity contribution in [3.8, 4) is 0 Å². The molecule has 1 heterocycles. The first kappa shape index (κ1) is 11.2. The first-order valence-electron chi connectivity index (χ1n) is 4.45. The number of nitrogens with zero attached hydrogens (tertiary/aromatic N) is 1. The third-order valence-electron chi connectivity index (χ3n) is 1.89. The summed E-state index contributed by atoms with van der Waals surface area (Å²) < 4.78 is 4.86. The fraction of sp³-hybridized carbons (Fsp3) is 0.444. The molecule has 1 aromatic rings. The van der Waals surface area contributed by atoms with Crippen molar-refractivity contribution < 1.29 is 19.2 Å². The van der Waals surface area contributed by atoms with E-state index in [4.69, 9.17) is 9.63 Å². The highest BCUT2D eigenvalue weighted by Crippen LogP contribution is 2.19. The van der Waals surface area contributed by atoms with Crippen molar-refractivity contribution >= 4 is 17.8 Å². The minimum absolute atomic E-state index is 0.00706. The van der Waals surface area contributed by atoms with Crippen molar-refractivity contribution in [1.29, 1.82) is 0 Å². The molecular formula is C9H12N2O4. The second kappa shape index (κ2) is 4.59. The van der Waals surface area contributed by atoms with Gasteiger partial charge in [-0.15, -0.1) is 0 Å². The molecule has 0 aliphatic heterocycles. The third-order valence-corrected chi connectivity index (χ3v) is 1.89. The zero-order valence-corrected chi connectivity index (χ0v) is 8.53. The van der Waals surface area contributed by atoms with Crippen LogP contribution in [0.1, 0.15) is 24.6 Å². The van der Waals surface area contributed by atoms with Crippen LogP contribution in [0, 0.1) is 6.92 Å². The summed E-state index contributed by atoms with van der Waals surface area (Å²) in [4.78, 5) is 21.1. The number of carboxylic acids is 1. The summed E-state index contributed by atoms with van der Waals surface area (Å²) in [5.41, 5.74) is 1.23. The molecular weight excluding hydrogens is 200 g/mol. The largest absolute Gasteiger partial charge is 0.481 e. The molecule has 2 N–H and O–H groups in total. The number of carboxylic acid groups (broad SMARTS) is 1. The molecule has 1 amide bonds. The molecule has 0 aliphatic carbocycles. The van der Waals surface area contributed by atoms with Crippen LogP contribution in [-0.4, -0.2) is 22.1 Å². The number of hydrogen-bond donors (Lipinski definition) is 2. The van der Waals surface area contributed by atoms with Gasteiger partial charge in [0.2, 0.25) is 11.8 Å². The Labute approximate surface area is 86.3 Å². The second-order valence-electron chi connectivity index (χ2n) is 3.16. The summed E-state index contributed by atoms with van der Waals surface area (Å²) >= 11 is 0. The highest BCUT2D eigenvalue weighted by Gasteiger charge is 2.13. The second-order valence-corrected chi connectivity index (χ2v) is 3.16. The van der Waals surface area contributed by atoms with E-state index in [1.807, 2.05) is 0 Å². The van der Waals surface area contributed by atoms with Gasteiger partial charge in [-0.25, -0.2) is 0 Å². The molecule has 0 radical (unpaired) electrons. The van der Waals surface area contributed by atoms with Crippen LogP contribution in [0.3, 0.4) is 0 Å². The quantitative estimate of drug-likeness (QED) is 0.775. The minimum atomic E-state index is -0.890. The molecule has 1 aromatic heterocycles. The highest BCUT2D eigenvalue weighted by molar-refractivity contribution is 5.87. The molecule has 0 saturated carbocycles. The van der Waals surface area contributed by atoms with Gasteiger partial charge in [-0.2, -0.15) is 0 Å². The zero-order chi connectivity index (χ0) is 11.4. The van der Waals surface area contributed by atoms with E-state index in [1.54, 1.807) is 6.92 Å². The van der Waals surface area contributed by atoms with Gasteiger partial charge in [0, 0.05) is 18.9 Å². The summed E-state index contributed by atoms with van der Waals surface area (Å²) in [5, 5.41) is 14.6. The lowest BCUT2D eigenvalue weighted by molar-refractivity contribution is -0.137. The average molecular weight is 212 g/mol. The van der Waals surface area contributed by atoms with Crippen LogP contribution >= 0.6 is 0 Å². The van der Waals surface area contributed by atoms with Gasteiger partial charge in [-0.1, -0.05) is 5.16 Å². The average Bonchev–Trinajstić information content (AvgIpc) is 2.44. The molecule has 6 heteroatoms. The first-order chi connectivity index (χ1) is 7.00. The van der Waals surface area contributed by atoms with Crippen molar-refractivity contribution in [1.82, 2.24) is 5.16 Å². The van der Waals surface area contributed by atoms with Crippen LogP contribution in [0.2, 0.25) is 0 Å². The number of aliphatic carboxylic acids is 1. The summed E-state index contributed by atoms with van der Waals surface area (Å²) in [6.45, 7) is 3.08. The van der Waals surface area contributed by atoms with Crippen LogP contribution in [-0.2, 0) is 16.0 Å². The maximum absolute atomic E-state index is 10.7. The summed E-state index contributed by atoms with van der Waals surface area (Å²) in [5.74, 6) is -0.861. The monoisotopic (exact) mass is 212 g/mol. The molecule has 0 fully saturated rings. The number of rotatable bonds is 4. The fourth-order valence-electron chi connectivity index (χ4n) is 1.10. The Hall–Kier alpha value is -1.85. The fourth-order valence-corrected chi connectivity index (χ4v) is 1.10. The minimum Gasteiger partial charge on any atom is -0.481 e. The smallest absolute Gasteiger partial charge is 0.303 e. The predicted octanol–water partition coefficient (Wildman–Crippen LogP) is 0.959. The van der Waals surface area contributed by atoms with E-state index in [0.29, 0.717) is 17.7 Å². The number of anilines is 1. The van der Waals surface area contributed by atoms with E-state index in [2.05, 4.69) is 10.5 Å². The molecule has 0 bridgehead atoms. The summed E-state index contributed by atoms with van der Waals surface area (Å²) in [6, 6.07) is 0. The molecule has 0 unspecified atom stereocenters. The van der Waals surface area contributed by atoms with Crippen LogP contribution in [0.5, 0.6) is 0 Å². The zero-order valence-electron chi connectivity index (χ0n) is 8.53. The van der Waals surface area contributed by atoms with Crippen molar-refractivity contribution in [3.63, 3.8) is 0 Å². The van der Waals surface area contributed by atoms with Crippen LogP contribution in [0.15, 0.2) is 4.52 Å². The van der Waals surface area contributed by atoms with E-state index in [-0.39, 0.29) is 18.2 Å². The molecule has 6 nitrogen and oxygen atoms in total. The van der Waals surface area contributed by atoms with Crippen molar-refractivity contribution in [3.05, 3.63) is 11.3 Å². The van der Waals surface area contributed by atoms with E-state index in [9.17, 15) is 9.59 Å². The van der Waals surface area contributed by atoms with E-state index in [1.165, 1.54) is 6.92 Å². The van der Waals surface area contributed by atoms with E-state index >= 15 is 0 Å². The first-order valence-corrected chi connectivity index (χ1v) is 4.45. The maximum atomic E-state index is 10.7. The predicted molar refractivity (Wildman–Crippen MR) is 51.5 cm³/mol. The van der Waals surface area contributed by atoms with Crippen LogP contribution < -0.4 is 5.32 Å².